The molecule has 6 nitrogen and oxygen atoms in total. The molecule has 25 heavy (non-hydrogen) atoms. The molecule has 7 heteroatoms. The molecule has 0 radical (unpaired) electrons. The van der Waals surface area contributed by atoms with E-state index < -0.39 is 12.1 Å². The molecule has 0 aliphatic heterocycles. The van der Waals surface area contributed by atoms with E-state index in [-0.39, 0.29) is 18.3 Å². The van der Waals surface area contributed by atoms with Crippen LogP contribution < -0.4 is 16.0 Å². The van der Waals surface area contributed by atoms with Gasteiger partial charge in [-0.25, -0.2) is 9.18 Å². The summed E-state index contributed by atoms with van der Waals surface area (Å²) in [5.74, 6) is -0.663. The van der Waals surface area contributed by atoms with Gasteiger partial charge in [-0.05, 0) is 31.2 Å². The van der Waals surface area contributed by atoms with Gasteiger partial charge >= 0.3 is 6.03 Å². The quantitative estimate of drug-likeness (QED) is 0.752. The van der Waals surface area contributed by atoms with Crippen molar-refractivity contribution in [3.63, 3.8) is 0 Å². The van der Waals surface area contributed by atoms with E-state index in [1.54, 1.807) is 49.4 Å². The number of carbonyl (C=O) groups is 2. The molecule has 1 atom stereocenters. The Hall–Kier alpha value is -2.93. The van der Waals surface area contributed by atoms with Crippen molar-refractivity contribution in [1.29, 1.82) is 0 Å². The van der Waals surface area contributed by atoms with Crippen LogP contribution in [-0.2, 0) is 16.1 Å². The van der Waals surface area contributed by atoms with E-state index in [9.17, 15) is 14.0 Å². The summed E-state index contributed by atoms with van der Waals surface area (Å²) in [4.78, 5) is 23.7. The van der Waals surface area contributed by atoms with E-state index in [0.717, 1.165) is 0 Å². The number of benzene rings is 2. The number of urea groups is 1. The van der Waals surface area contributed by atoms with E-state index in [2.05, 4.69) is 16.0 Å². The second-order valence-corrected chi connectivity index (χ2v) is 5.35. The molecule has 0 aromatic heterocycles. The maximum atomic E-state index is 13.5. The van der Waals surface area contributed by atoms with Crippen molar-refractivity contribution in [3.05, 3.63) is 59.9 Å². The Bertz CT molecular complexity index is 752. The van der Waals surface area contributed by atoms with E-state index in [0.29, 0.717) is 16.9 Å². The third-order valence-electron chi connectivity index (χ3n) is 3.51. The second kappa shape index (κ2) is 8.79. The highest BCUT2D eigenvalue weighted by molar-refractivity contribution is 5.95. The van der Waals surface area contributed by atoms with Crippen molar-refractivity contribution in [2.75, 3.05) is 17.7 Å². The number of carbonyl (C=O) groups excluding carboxylic acids is 2. The van der Waals surface area contributed by atoms with Crippen LogP contribution in [0.4, 0.5) is 20.6 Å². The fourth-order valence-electron chi connectivity index (χ4n) is 2.02. The molecule has 0 bridgehead atoms. The predicted molar refractivity (Wildman–Crippen MR) is 93.8 cm³/mol. The van der Waals surface area contributed by atoms with Gasteiger partial charge in [0.1, 0.15) is 11.9 Å². The zero-order chi connectivity index (χ0) is 18.2. The van der Waals surface area contributed by atoms with Crippen molar-refractivity contribution in [3.8, 4) is 0 Å². The van der Waals surface area contributed by atoms with Crippen molar-refractivity contribution in [1.82, 2.24) is 5.32 Å². The maximum absolute atomic E-state index is 13.5. The summed E-state index contributed by atoms with van der Waals surface area (Å²) in [6.45, 7) is 1.70. The SMILES string of the molecule is COC(C)C(=O)Nc1cccc(NC(=O)NCc2ccccc2F)c1. The lowest BCUT2D eigenvalue weighted by Gasteiger charge is -2.12. The zero-order valence-electron chi connectivity index (χ0n) is 14.0. The molecule has 2 rings (SSSR count). The summed E-state index contributed by atoms with van der Waals surface area (Å²) in [6.07, 6.45) is -0.583. The molecular formula is C18H20FN3O3. The lowest BCUT2D eigenvalue weighted by Crippen LogP contribution is -2.29. The average Bonchev–Trinajstić information content (AvgIpc) is 2.60. The van der Waals surface area contributed by atoms with Gasteiger partial charge in [0.05, 0.1) is 0 Å². The van der Waals surface area contributed by atoms with Crippen molar-refractivity contribution >= 4 is 23.3 Å². The smallest absolute Gasteiger partial charge is 0.319 e. The summed E-state index contributed by atoms with van der Waals surface area (Å²) in [6, 6.07) is 12.4. The number of hydrogen-bond donors (Lipinski definition) is 3. The van der Waals surface area contributed by atoms with Crippen LogP contribution in [0, 0.1) is 5.82 Å². The Morgan fingerprint density at radius 1 is 1.08 bits per heavy atom. The lowest BCUT2D eigenvalue weighted by atomic mass is 10.2. The number of methoxy groups -OCH3 is 1. The number of nitrogens with one attached hydrogen (secondary N) is 3. The minimum absolute atomic E-state index is 0.0697. The van der Waals surface area contributed by atoms with Gasteiger partial charge in [-0.1, -0.05) is 24.3 Å². The van der Waals surface area contributed by atoms with Gasteiger partial charge in [-0.2, -0.15) is 0 Å². The standard InChI is InChI=1S/C18H20FN3O3/c1-12(25-2)17(23)21-14-7-5-8-15(10-14)22-18(24)20-11-13-6-3-4-9-16(13)19/h3-10,12H,11H2,1-2H3,(H,21,23)(H2,20,22,24). The molecule has 0 aliphatic rings. The minimum Gasteiger partial charge on any atom is -0.372 e. The van der Waals surface area contributed by atoms with Crippen LogP contribution in [0.25, 0.3) is 0 Å². The molecule has 132 valence electrons. The first-order valence-electron chi connectivity index (χ1n) is 7.71. The second-order valence-electron chi connectivity index (χ2n) is 5.35. The Morgan fingerprint density at radius 3 is 2.44 bits per heavy atom. The van der Waals surface area contributed by atoms with Gasteiger partial charge in [0, 0.05) is 30.6 Å². The Balaban J connectivity index is 1.91. The van der Waals surface area contributed by atoms with Gasteiger partial charge in [-0.15, -0.1) is 0 Å². The molecule has 3 N–H and O–H groups in total. The summed E-state index contributed by atoms with van der Waals surface area (Å²) >= 11 is 0. The van der Waals surface area contributed by atoms with Gasteiger partial charge < -0.3 is 20.7 Å². The van der Waals surface area contributed by atoms with E-state index in [4.69, 9.17) is 4.74 Å². The molecule has 0 saturated heterocycles. The largest absolute Gasteiger partial charge is 0.372 e. The number of hydrogen-bond acceptors (Lipinski definition) is 3. The Labute approximate surface area is 145 Å². The van der Waals surface area contributed by atoms with Crippen molar-refractivity contribution in [2.24, 2.45) is 0 Å². The lowest BCUT2D eigenvalue weighted by molar-refractivity contribution is -0.124. The monoisotopic (exact) mass is 345 g/mol. The van der Waals surface area contributed by atoms with Crippen LogP contribution in [0.3, 0.4) is 0 Å². The first kappa shape index (κ1) is 18.4. The highest BCUT2D eigenvalue weighted by atomic mass is 19.1. The number of halogens is 1. The highest BCUT2D eigenvalue weighted by Crippen LogP contribution is 2.15. The average molecular weight is 345 g/mol. The van der Waals surface area contributed by atoms with Crippen LogP contribution >= 0.6 is 0 Å². The highest BCUT2D eigenvalue weighted by Gasteiger charge is 2.12. The van der Waals surface area contributed by atoms with Crippen LogP contribution in [0.1, 0.15) is 12.5 Å². The van der Waals surface area contributed by atoms with E-state index >= 15 is 0 Å². The van der Waals surface area contributed by atoms with Crippen LogP contribution in [0.15, 0.2) is 48.5 Å². The molecule has 2 aromatic carbocycles. The zero-order valence-corrected chi connectivity index (χ0v) is 14.0. The number of anilines is 2. The first-order valence-corrected chi connectivity index (χ1v) is 7.71. The fourth-order valence-corrected chi connectivity index (χ4v) is 2.02. The van der Waals surface area contributed by atoms with Crippen LogP contribution in [0.5, 0.6) is 0 Å². The van der Waals surface area contributed by atoms with E-state index in [1.807, 2.05) is 0 Å². The number of amides is 3. The van der Waals surface area contributed by atoms with Crippen LogP contribution in [-0.4, -0.2) is 25.2 Å². The van der Waals surface area contributed by atoms with E-state index in [1.165, 1.54) is 13.2 Å². The molecule has 0 fully saturated rings. The Kier molecular flexibility index (Phi) is 6.47. The molecule has 0 spiro atoms. The normalized spacial score (nSPS) is 11.5. The topological polar surface area (TPSA) is 79.5 Å². The minimum atomic E-state index is -0.583. The third kappa shape index (κ3) is 5.58. The maximum Gasteiger partial charge on any atom is 0.319 e. The van der Waals surface area contributed by atoms with Gasteiger partial charge in [0.15, 0.2) is 0 Å². The van der Waals surface area contributed by atoms with Gasteiger partial charge in [-0.3, -0.25) is 4.79 Å². The number of rotatable bonds is 6. The fraction of sp³-hybridized carbons (Fsp3) is 0.222. The summed E-state index contributed by atoms with van der Waals surface area (Å²) in [7, 11) is 1.45. The molecule has 1 unspecified atom stereocenters. The molecular weight excluding hydrogens is 325 g/mol. The molecule has 0 heterocycles. The van der Waals surface area contributed by atoms with Crippen LogP contribution in [0.2, 0.25) is 0 Å². The van der Waals surface area contributed by atoms with Crippen molar-refractivity contribution in [2.45, 2.75) is 19.6 Å². The summed E-state index contributed by atoms with van der Waals surface area (Å²) < 4.78 is 18.5. The van der Waals surface area contributed by atoms with Crippen molar-refractivity contribution < 1.29 is 18.7 Å². The van der Waals surface area contributed by atoms with Gasteiger partial charge in [0.2, 0.25) is 0 Å². The third-order valence-corrected chi connectivity index (χ3v) is 3.51. The molecule has 3 amide bonds. The number of ether oxygens (including phenoxy) is 1. The molecule has 2 aromatic rings. The summed E-state index contributed by atoms with van der Waals surface area (Å²) in [5, 5.41) is 7.90. The molecule has 0 aliphatic carbocycles. The first-order chi connectivity index (χ1) is 12.0. The van der Waals surface area contributed by atoms with Gasteiger partial charge in [0.25, 0.3) is 5.91 Å². The predicted octanol–water partition coefficient (Wildman–Crippen LogP) is 3.12. The molecule has 0 saturated carbocycles. The Morgan fingerprint density at radius 2 is 1.76 bits per heavy atom. The summed E-state index contributed by atoms with van der Waals surface area (Å²) in [5.41, 5.74) is 1.42.